The fourth-order valence-corrected chi connectivity index (χ4v) is 3.88. The maximum absolute atomic E-state index is 9.98. The van der Waals surface area contributed by atoms with Gasteiger partial charge in [-0.05, 0) is 52.4 Å². The zero-order valence-corrected chi connectivity index (χ0v) is 22.0. The minimum absolute atomic E-state index is 0. The van der Waals surface area contributed by atoms with Crippen molar-refractivity contribution < 1.29 is 44.2 Å². The topological polar surface area (TPSA) is 41.5 Å². The molecule has 0 radical (unpaired) electrons. The first-order chi connectivity index (χ1) is 16.2. The van der Waals surface area contributed by atoms with E-state index >= 15 is 0 Å². The van der Waals surface area contributed by atoms with E-state index in [1.807, 2.05) is 30.3 Å². The molecule has 0 fully saturated rings. The van der Waals surface area contributed by atoms with E-state index in [1.54, 1.807) is 0 Å². The summed E-state index contributed by atoms with van der Waals surface area (Å²) in [6, 6.07) is 33.2. The van der Waals surface area contributed by atoms with Gasteiger partial charge in [-0.3, -0.25) is 5.04 Å². The van der Waals surface area contributed by atoms with Crippen LogP contribution in [-0.2, 0) is 9.37 Å². The molecule has 0 aliphatic rings. The molecule has 0 bridgehead atoms. The van der Waals surface area contributed by atoms with Crippen molar-refractivity contribution in [1.82, 2.24) is 0 Å². The van der Waals surface area contributed by atoms with Gasteiger partial charge in [-0.1, -0.05) is 115 Å². The summed E-state index contributed by atoms with van der Waals surface area (Å²) in [5.41, 5.74) is 8.11. The molecule has 0 aliphatic heterocycles. The number of hydrogen-bond donors (Lipinski definition) is 0. The van der Waals surface area contributed by atoms with Crippen LogP contribution in [0.3, 0.4) is 0 Å². The summed E-state index contributed by atoms with van der Waals surface area (Å²) >= 11 is 0.886. The SMILES string of the molecule is Cc1cccc(/C=C/c2ccc(-c3ccc(/C=C/c4cccc(SOO[O-])c4)cc3)cc2)c1.[Na+]. The van der Waals surface area contributed by atoms with Crippen molar-refractivity contribution in [3.8, 4) is 11.1 Å². The summed E-state index contributed by atoms with van der Waals surface area (Å²) in [6.07, 6.45) is 8.35. The van der Waals surface area contributed by atoms with Gasteiger partial charge in [-0.15, -0.1) is 0 Å². The predicted octanol–water partition coefficient (Wildman–Crippen LogP) is 4.24. The van der Waals surface area contributed by atoms with Crippen molar-refractivity contribution >= 4 is 36.3 Å². The number of aryl methyl sites for hydroxylation is 1. The van der Waals surface area contributed by atoms with Crippen LogP contribution in [0.1, 0.15) is 27.8 Å². The van der Waals surface area contributed by atoms with E-state index in [-0.39, 0.29) is 29.6 Å². The minimum atomic E-state index is 0. The van der Waals surface area contributed by atoms with Crippen LogP contribution in [0.5, 0.6) is 0 Å². The molecule has 164 valence electrons. The Balaban J connectivity index is 0.00000324. The molecule has 0 N–H and O–H groups in total. The van der Waals surface area contributed by atoms with Crippen LogP contribution < -0.4 is 34.8 Å². The number of rotatable bonds is 8. The molecule has 4 aromatic rings. The molecule has 5 heteroatoms. The quantitative estimate of drug-likeness (QED) is 0.126. The summed E-state index contributed by atoms with van der Waals surface area (Å²) in [6.45, 7) is 2.11. The minimum Gasteiger partial charge on any atom is -0.691 e. The first kappa shape index (κ1) is 26.2. The number of benzene rings is 4. The van der Waals surface area contributed by atoms with Gasteiger partial charge in [0.15, 0.2) is 0 Å². The smallest absolute Gasteiger partial charge is 0.691 e. The first-order valence-electron chi connectivity index (χ1n) is 10.6. The Morgan fingerprint density at radius 3 is 1.65 bits per heavy atom. The third kappa shape index (κ3) is 7.83. The largest absolute Gasteiger partial charge is 1.00 e. The Kier molecular flexibility index (Phi) is 10.4. The van der Waals surface area contributed by atoms with Crippen molar-refractivity contribution in [1.29, 1.82) is 0 Å². The van der Waals surface area contributed by atoms with Gasteiger partial charge in [0.25, 0.3) is 0 Å². The van der Waals surface area contributed by atoms with E-state index in [2.05, 4.69) is 107 Å². The second kappa shape index (κ2) is 13.5. The fourth-order valence-electron chi connectivity index (χ4n) is 3.46. The maximum atomic E-state index is 9.98. The molecule has 0 heterocycles. The van der Waals surface area contributed by atoms with Crippen LogP contribution in [0.25, 0.3) is 35.4 Å². The second-order valence-corrected chi connectivity index (χ2v) is 8.39. The van der Waals surface area contributed by atoms with Gasteiger partial charge in [0.1, 0.15) is 0 Å². The molecule has 0 aliphatic carbocycles. The van der Waals surface area contributed by atoms with Crippen LogP contribution in [0.15, 0.2) is 102 Å². The van der Waals surface area contributed by atoms with Crippen molar-refractivity contribution in [2.45, 2.75) is 11.8 Å². The van der Waals surface area contributed by atoms with Gasteiger partial charge in [0, 0.05) is 4.90 Å². The van der Waals surface area contributed by atoms with Crippen molar-refractivity contribution in [3.05, 3.63) is 125 Å². The molecule has 3 nitrogen and oxygen atoms in total. The Morgan fingerprint density at radius 2 is 1.12 bits per heavy atom. The Bertz CT molecular complexity index is 1250. The van der Waals surface area contributed by atoms with Crippen LogP contribution in [-0.4, -0.2) is 0 Å². The average molecular weight is 475 g/mol. The van der Waals surface area contributed by atoms with Crippen molar-refractivity contribution in [2.75, 3.05) is 0 Å². The Labute approximate surface area is 227 Å². The molecule has 0 atom stereocenters. The first-order valence-corrected chi connectivity index (χ1v) is 11.3. The van der Waals surface area contributed by atoms with Gasteiger partial charge in [0.05, 0.1) is 12.0 Å². The van der Waals surface area contributed by atoms with Gasteiger partial charge in [-0.25, -0.2) is 0 Å². The maximum Gasteiger partial charge on any atom is 1.00 e. The van der Waals surface area contributed by atoms with E-state index in [9.17, 15) is 5.26 Å². The third-order valence-corrected chi connectivity index (χ3v) is 5.72. The Hall–Kier alpha value is -2.41. The third-order valence-electron chi connectivity index (χ3n) is 5.15. The Morgan fingerprint density at radius 1 is 0.618 bits per heavy atom. The summed E-state index contributed by atoms with van der Waals surface area (Å²) < 4.78 is 4.37. The predicted molar refractivity (Wildman–Crippen MR) is 135 cm³/mol. The molecular formula is C29H23NaO3S. The van der Waals surface area contributed by atoms with E-state index < -0.39 is 0 Å². The molecule has 34 heavy (non-hydrogen) atoms. The summed E-state index contributed by atoms with van der Waals surface area (Å²) in [5, 5.41) is 13.4. The van der Waals surface area contributed by atoms with Crippen LogP contribution in [0.2, 0.25) is 0 Å². The molecule has 0 aromatic heterocycles. The van der Waals surface area contributed by atoms with E-state index in [4.69, 9.17) is 0 Å². The molecule has 0 unspecified atom stereocenters. The molecule has 0 saturated carbocycles. The van der Waals surface area contributed by atoms with Crippen LogP contribution >= 0.6 is 12.0 Å². The van der Waals surface area contributed by atoms with E-state index in [0.29, 0.717) is 0 Å². The average Bonchev–Trinajstić information content (AvgIpc) is 2.86. The van der Waals surface area contributed by atoms with Crippen LogP contribution in [0, 0.1) is 6.92 Å². The molecule has 0 saturated heterocycles. The molecular weight excluding hydrogens is 451 g/mol. The van der Waals surface area contributed by atoms with Gasteiger partial charge in [-0.2, -0.15) is 4.33 Å². The van der Waals surface area contributed by atoms with Crippen LogP contribution in [0.4, 0.5) is 0 Å². The van der Waals surface area contributed by atoms with Gasteiger partial charge < -0.3 is 5.26 Å². The summed E-state index contributed by atoms with van der Waals surface area (Å²) in [7, 11) is 0. The van der Waals surface area contributed by atoms with Crippen molar-refractivity contribution in [3.63, 3.8) is 0 Å². The molecule has 4 aromatic carbocycles. The molecule has 0 amide bonds. The normalized spacial score (nSPS) is 11.1. The number of hydrogen-bond acceptors (Lipinski definition) is 4. The fraction of sp³-hybridized carbons (Fsp3) is 0.0345. The summed E-state index contributed by atoms with van der Waals surface area (Å²) in [4.78, 5) is 0.792. The van der Waals surface area contributed by atoms with Gasteiger partial charge >= 0.3 is 29.6 Å². The zero-order valence-electron chi connectivity index (χ0n) is 19.2. The zero-order chi connectivity index (χ0) is 22.9. The monoisotopic (exact) mass is 474 g/mol. The van der Waals surface area contributed by atoms with E-state index in [0.717, 1.165) is 28.1 Å². The second-order valence-electron chi connectivity index (χ2n) is 7.62. The summed E-state index contributed by atoms with van der Waals surface area (Å²) in [5.74, 6) is 0. The molecule has 4 rings (SSSR count). The van der Waals surface area contributed by atoms with Crippen molar-refractivity contribution in [2.24, 2.45) is 0 Å². The molecule has 0 spiro atoms. The standard InChI is InChI=1S/C29H24O3S.Na/c1-22-4-2-5-25(20-22)10-8-23-12-16-27(17-13-23)28-18-14-24(15-19-28)9-11-26-6-3-7-29(21-26)33-32-31-30;/h2-21,30H,1H3;/q;+1/p-1/b10-8+,11-9+;. The van der Waals surface area contributed by atoms with Gasteiger partial charge in [0.2, 0.25) is 0 Å². The van der Waals surface area contributed by atoms with E-state index in [1.165, 1.54) is 27.8 Å².